The summed E-state index contributed by atoms with van der Waals surface area (Å²) in [4.78, 5) is 11.4. The highest BCUT2D eigenvalue weighted by atomic mass is 16.4. The van der Waals surface area contributed by atoms with E-state index in [0.717, 1.165) is 23.9 Å². The molecule has 0 saturated heterocycles. The van der Waals surface area contributed by atoms with E-state index in [1.54, 1.807) is 7.05 Å². The molecule has 1 aromatic carbocycles. The number of nitrogens with two attached hydrogens (primary N) is 1. The second kappa shape index (κ2) is 3.34. The van der Waals surface area contributed by atoms with Gasteiger partial charge in [0.05, 0.1) is 5.52 Å². The molecule has 1 aromatic heterocycles. The van der Waals surface area contributed by atoms with E-state index in [9.17, 15) is 4.79 Å². The Labute approximate surface area is 98.3 Å². The van der Waals surface area contributed by atoms with Crippen LogP contribution >= 0.6 is 0 Å². The summed E-state index contributed by atoms with van der Waals surface area (Å²) in [6, 6.07) is 5.71. The van der Waals surface area contributed by atoms with E-state index in [0.29, 0.717) is 5.58 Å². The predicted octanol–water partition coefficient (Wildman–Crippen LogP) is 1.64. The van der Waals surface area contributed by atoms with Crippen molar-refractivity contribution in [1.82, 2.24) is 4.57 Å². The van der Waals surface area contributed by atoms with Gasteiger partial charge in [0, 0.05) is 12.6 Å². The van der Waals surface area contributed by atoms with E-state index < -0.39 is 0 Å². The summed E-state index contributed by atoms with van der Waals surface area (Å²) >= 11 is 0. The molecule has 3 rings (SSSR count). The van der Waals surface area contributed by atoms with E-state index in [1.807, 2.05) is 18.2 Å². The number of fused-ring (bicyclic) bond motifs is 1. The van der Waals surface area contributed by atoms with Crippen LogP contribution in [0.3, 0.4) is 0 Å². The molecule has 0 fully saturated rings. The van der Waals surface area contributed by atoms with Gasteiger partial charge in [-0.25, -0.2) is 4.79 Å². The van der Waals surface area contributed by atoms with Gasteiger partial charge < -0.3 is 10.2 Å². The van der Waals surface area contributed by atoms with Crippen LogP contribution in [0.2, 0.25) is 0 Å². The second-order valence-electron chi connectivity index (χ2n) is 4.65. The highest BCUT2D eigenvalue weighted by molar-refractivity contribution is 5.74. The summed E-state index contributed by atoms with van der Waals surface area (Å²) in [6.07, 6.45) is 5.87. The SMILES string of the molecule is Cn1c(=O)oc2ccc(C3(N)CC=CC3)cc21. The molecule has 88 valence electrons. The minimum atomic E-state index is -0.340. The van der Waals surface area contributed by atoms with E-state index in [-0.39, 0.29) is 11.3 Å². The van der Waals surface area contributed by atoms with Crippen molar-refractivity contribution >= 4 is 11.1 Å². The molecule has 2 aromatic rings. The number of hydrogen-bond donors (Lipinski definition) is 1. The molecule has 4 nitrogen and oxygen atoms in total. The van der Waals surface area contributed by atoms with Crippen molar-refractivity contribution in [2.24, 2.45) is 12.8 Å². The molecule has 0 atom stereocenters. The standard InChI is InChI=1S/C13H14N2O2/c1-15-10-8-9(13(14)6-2-3-7-13)4-5-11(10)17-12(15)16/h2-5,8H,6-7,14H2,1H3. The highest BCUT2D eigenvalue weighted by Crippen LogP contribution is 2.33. The maximum atomic E-state index is 11.4. The molecule has 0 radical (unpaired) electrons. The number of hydrogen-bond acceptors (Lipinski definition) is 3. The summed E-state index contributed by atoms with van der Waals surface area (Å²) in [7, 11) is 1.70. The Hall–Kier alpha value is -1.81. The number of nitrogens with zero attached hydrogens (tertiary/aromatic N) is 1. The van der Waals surface area contributed by atoms with Crippen LogP contribution in [-0.2, 0) is 12.6 Å². The molecule has 0 saturated carbocycles. The lowest BCUT2D eigenvalue weighted by Gasteiger charge is -2.24. The van der Waals surface area contributed by atoms with Crippen LogP contribution < -0.4 is 11.5 Å². The molecule has 0 bridgehead atoms. The van der Waals surface area contributed by atoms with Crippen molar-refractivity contribution in [1.29, 1.82) is 0 Å². The Morgan fingerprint density at radius 1 is 1.35 bits per heavy atom. The van der Waals surface area contributed by atoms with Crippen LogP contribution in [0.25, 0.3) is 11.1 Å². The van der Waals surface area contributed by atoms with Gasteiger partial charge in [0.25, 0.3) is 0 Å². The molecule has 2 N–H and O–H groups in total. The van der Waals surface area contributed by atoms with Gasteiger partial charge in [0.1, 0.15) is 0 Å². The first-order chi connectivity index (χ1) is 8.10. The quantitative estimate of drug-likeness (QED) is 0.757. The zero-order chi connectivity index (χ0) is 12.0. The van der Waals surface area contributed by atoms with Crippen LogP contribution in [-0.4, -0.2) is 4.57 Å². The van der Waals surface area contributed by atoms with Crippen LogP contribution in [0.4, 0.5) is 0 Å². The average Bonchev–Trinajstić information content (AvgIpc) is 2.86. The van der Waals surface area contributed by atoms with Crippen molar-refractivity contribution in [3.8, 4) is 0 Å². The summed E-state index contributed by atoms with van der Waals surface area (Å²) in [5, 5.41) is 0. The minimum Gasteiger partial charge on any atom is -0.408 e. The van der Waals surface area contributed by atoms with Gasteiger partial charge in [-0.05, 0) is 30.5 Å². The molecule has 17 heavy (non-hydrogen) atoms. The maximum Gasteiger partial charge on any atom is 0.419 e. The van der Waals surface area contributed by atoms with Crippen molar-refractivity contribution < 1.29 is 4.42 Å². The van der Waals surface area contributed by atoms with Gasteiger partial charge >= 0.3 is 5.76 Å². The lowest BCUT2D eigenvalue weighted by Crippen LogP contribution is -2.33. The van der Waals surface area contributed by atoms with E-state index in [1.165, 1.54) is 4.57 Å². The molecular weight excluding hydrogens is 216 g/mol. The smallest absolute Gasteiger partial charge is 0.408 e. The topological polar surface area (TPSA) is 61.2 Å². The number of benzene rings is 1. The Morgan fingerprint density at radius 2 is 2.06 bits per heavy atom. The maximum absolute atomic E-state index is 11.4. The Morgan fingerprint density at radius 3 is 2.76 bits per heavy atom. The third-order valence-electron chi connectivity index (χ3n) is 3.50. The number of aryl methyl sites for hydroxylation is 1. The van der Waals surface area contributed by atoms with Crippen molar-refractivity contribution in [3.05, 3.63) is 46.5 Å². The molecule has 0 amide bonds. The van der Waals surface area contributed by atoms with Crippen molar-refractivity contribution in [2.75, 3.05) is 0 Å². The van der Waals surface area contributed by atoms with Crippen molar-refractivity contribution in [3.63, 3.8) is 0 Å². The zero-order valence-corrected chi connectivity index (χ0v) is 9.64. The lowest BCUT2D eigenvalue weighted by atomic mass is 9.88. The molecule has 4 heteroatoms. The summed E-state index contributed by atoms with van der Waals surface area (Å²) in [5.74, 6) is -0.340. The normalized spacial score (nSPS) is 18.0. The van der Waals surface area contributed by atoms with Crippen LogP contribution in [0.15, 0.2) is 39.6 Å². The third-order valence-corrected chi connectivity index (χ3v) is 3.50. The lowest BCUT2D eigenvalue weighted by molar-refractivity contribution is 0.481. The Balaban J connectivity index is 2.19. The van der Waals surface area contributed by atoms with E-state index >= 15 is 0 Å². The number of rotatable bonds is 1. The van der Waals surface area contributed by atoms with Gasteiger partial charge in [-0.1, -0.05) is 18.2 Å². The van der Waals surface area contributed by atoms with Gasteiger partial charge in [-0.2, -0.15) is 0 Å². The van der Waals surface area contributed by atoms with Crippen LogP contribution in [0, 0.1) is 0 Å². The first-order valence-electron chi connectivity index (χ1n) is 5.64. The Kier molecular flexibility index (Phi) is 2.03. The molecule has 0 aliphatic heterocycles. The van der Waals surface area contributed by atoms with E-state index in [4.69, 9.17) is 10.2 Å². The largest absolute Gasteiger partial charge is 0.419 e. The van der Waals surface area contributed by atoms with Gasteiger partial charge in [0.2, 0.25) is 0 Å². The van der Waals surface area contributed by atoms with Crippen LogP contribution in [0.1, 0.15) is 18.4 Å². The second-order valence-corrected chi connectivity index (χ2v) is 4.65. The van der Waals surface area contributed by atoms with Crippen LogP contribution in [0.5, 0.6) is 0 Å². The average molecular weight is 230 g/mol. The monoisotopic (exact) mass is 230 g/mol. The fourth-order valence-corrected chi connectivity index (χ4v) is 2.34. The number of aromatic nitrogens is 1. The summed E-state index contributed by atoms with van der Waals surface area (Å²) in [5.41, 5.74) is 8.47. The molecule has 0 spiro atoms. The van der Waals surface area contributed by atoms with E-state index in [2.05, 4.69) is 12.2 Å². The first-order valence-corrected chi connectivity index (χ1v) is 5.64. The van der Waals surface area contributed by atoms with Crippen molar-refractivity contribution in [2.45, 2.75) is 18.4 Å². The first kappa shape index (κ1) is 10.4. The van der Waals surface area contributed by atoms with Gasteiger partial charge in [-0.15, -0.1) is 0 Å². The molecule has 1 aliphatic carbocycles. The highest BCUT2D eigenvalue weighted by Gasteiger charge is 2.28. The fourth-order valence-electron chi connectivity index (χ4n) is 2.34. The molecule has 1 heterocycles. The molecule has 1 aliphatic rings. The Bertz CT molecular complexity index is 656. The fraction of sp³-hybridized carbons (Fsp3) is 0.308. The minimum absolute atomic E-state index is 0.332. The summed E-state index contributed by atoms with van der Waals surface area (Å²) < 4.78 is 6.60. The molecular formula is C13H14N2O2. The van der Waals surface area contributed by atoms with Gasteiger partial charge in [-0.3, -0.25) is 4.57 Å². The zero-order valence-electron chi connectivity index (χ0n) is 9.64. The predicted molar refractivity (Wildman–Crippen MR) is 65.7 cm³/mol. The third kappa shape index (κ3) is 1.45. The number of oxazole rings is 1. The molecule has 0 unspecified atom stereocenters. The summed E-state index contributed by atoms with van der Waals surface area (Å²) in [6.45, 7) is 0. The van der Waals surface area contributed by atoms with Gasteiger partial charge in [0.15, 0.2) is 5.58 Å².